The van der Waals surface area contributed by atoms with Gasteiger partial charge >= 0.3 is 0 Å². The summed E-state index contributed by atoms with van der Waals surface area (Å²) in [5.74, 6) is 0.891. The predicted octanol–water partition coefficient (Wildman–Crippen LogP) is 0.564. The molecule has 0 aromatic rings. The molecule has 0 aliphatic heterocycles. The number of rotatable bonds is 8. The summed E-state index contributed by atoms with van der Waals surface area (Å²) >= 11 is 0. The maximum absolute atomic E-state index is 5.55. The van der Waals surface area contributed by atoms with Crippen molar-refractivity contribution >= 4 is 0 Å². The molecule has 0 unspecified atom stereocenters. The molecule has 0 spiro atoms. The van der Waals surface area contributed by atoms with Crippen molar-refractivity contribution in [2.24, 2.45) is 5.92 Å². The van der Waals surface area contributed by atoms with Crippen molar-refractivity contribution in [2.75, 3.05) is 46.9 Å². The van der Waals surface area contributed by atoms with Gasteiger partial charge in [0.15, 0.2) is 0 Å². The standard InChI is InChI=1S/C10H22N2O/c1-11-5-6-12(2)7-8-13-9-10-3-4-10/h10-11H,3-9H2,1-2H3. The Kier molecular flexibility index (Phi) is 5.35. The molecule has 0 bridgehead atoms. The van der Waals surface area contributed by atoms with E-state index in [1.807, 2.05) is 7.05 Å². The van der Waals surface area contributed by atoms with Crippen molar-refractivity contribution in [3.63, 3.8) is 0 Å². The molecule has 0 radical (unpaired) electrons. The SMILES string of the molecule is CNCCN(C)CCOCC1CC1. The van der Waals surface area contributed by atoms with E-state index in [-0.39, 0.29) is 0 Å². The lowest BCUT2D eigenvalue weighted by Crippen LogP contribution is -2.30. The van der Waals surface area contributed by atoms with Crippen LogP contribution in [0.2, 0.25) is 0 Å². The molecule has 1 rings (SSSR count). The van der Waals surface area contributed by atoms with E-state index in [4.69, 9.17) is 4.74 Å². The van der Waals surface area contributed by atoms with Crippen LogP contribution in [0.25, 0.3) is 0 Å². The van der Waals surface area contributed by atoms with Gasteiger partial charge in [0.1, 0.15) is 0 Å². The van der Waals surface area contributed by atoms with Crippen LogP contribution in [0.1, 0.15) is 12.8 Å². The summed E-state index contributed by atoms with van der Waals surface area (Å²) < 4.78 is 5.55. The zero-order chi connectivity index (χ0) is 9.52. The highest BCUT2D eigenvalue weighted by Gasteiger charge is 2.20. The highest BCUT2D eigenvalue weighted by molar-refractivity contribution is 4.71. The summed E-state index contributed by atoms with van der Waals surface area (Å²) in [4.78, 5) is 2.30. The Hall–Kier alpha value is -0.120. The van der Waals surface area contributed by atoms with Crippen molar-refractivity contribution in [1.82, 2.24) is 10.2 Å². The second-order valence-electron chi connectivity index (χ2n) is 3.93. The normalized spacial score (nSPS) is 16.8. The van der Waals surface area contributed by atoms with Crippen LogP contribution in [-0.2, 0) is 4.74 Å². The van der Waals surface area contributed by atoms with Crippen molar-refractivity contribution < 1.29 is 4.74 Å². The topological polar surface area (TPSA) is 24.5 Å². The highest BCUT2D eigenvalue weighted by atomic mass is 16.5. The molecule has 1 N–H and O–H groups in total. The van der Waals surface area contributed by atoms with Gasteiger partial charge in [-0.2, -0.15) is 0 Å². The molecule has 0 amide bonds. The molecular formula is C10H22N2O. The smallest absolute Gasteiger partial charge is 0.0593 e. The minimum atomic E-state index is 0.886. The summed E-state index contributed by atoms with van der Waals surface area (Å²) in [7, 11) is 4.12. The molecule has 1 fully saturated rings. The Labute approximate surface area is 81.4 Å². The number of hydrogen-bond acceptors (Lipinski definition) is 3. The molecule has 0 atom stereocenters. The van der Waals surface area contributed by atoms with Gasteiger partial charge < -0.3 is 15.0 Å². The second kappa shape index (κ2) is 6.35. The van der Waals surface area contributed by atoms with Crippen LogP contribution in [0, 0.1) is 5.92 Å². The Morgan fingerprint density at radius 2 is 2.15 bits per heavy atom. The van der Waals surface area contributed by atoms with Gasteiger partial charge in [0.05, 0.1) is 6.61 Å². The highest BCUT2D eigenvalue weighted by Crippen LogP contribution is 2.28. The van der Waals surface area contributed by atoms with Crippen LogP contribution in [-0.4, -0.2) is 51.8 Å². The van der Waals surface area contributed by atoms with E-state index in [9.17, 15) is 0 Å². The van der Waals surface area contributed by atoms with E-state index in [1.54, 1.807) is 0 Å². The first-order valence-electron chi connectivity index (χ1n) is 5.24. The van der Waals surface area contributed by atoms with E-state index in [2.05, 4.69) is 17.3 Å². The fourth-order valence-electron chi connectivity index (χ4n) is 1.17. The van der Waals surface area contributed by atoms with Crippen molar-refractivity contribution in [1.29, 1.82) is 0 Å². The zero-order valence-electron chi connectivity index (χ0n) is 8.88. The van der Waals surface area contributed by atoms with Gasteiger partial charge in [-0.25, -0.2) is 0 Å². The molecule has 3 heteroatoms. The van der Waals surface area contributed by atoms with Crippen LogP contribution in [0.15, 0.2) is 0 Å². The number of hydrogen-bond donors (Lipinski definition) is 1. The molecule has 0 saturated heterocycles. The lowest BCUT2D eigenvalue weighted by atomic mass is 10.4. The van der Waals surface area contributed by atoms with Gasteiger partial charge in [-0.1, -0.05) is 0 Å². The maximum Gasteiger partial charge on any atom is 0.0593 e. The fourth-order valence-corrected chi connectivity index (χ4v) is 1.17. The molecule has 0 aromatic carbocycles. The predicted molar refractivity (Wildman–Crippen MR) is 55.0 cm³/mol. The fraction of sp³-hybridized carbons (Fsp3) is 1.00. The second-order valence-corrected chi connectivity index (χ2v) is 3.93. The summed E-state index contributed by atoms with van der Waals surface area (Å²) in [6.45, 7) is 5.08. The Bertz CT molecular complexity index is 126. The quantitative estimate of drug-likeness (QED) is 0.561. The van der Waals surface area contributed by atoms with Crippen LogP contribution < -0.4 is 5.32 Å². The van der Waals surface area contributed by atoms with Crippen LogP contribution in [0.3, 0.4) is 0 Å². The maximum atomic E-state index is 5.55. The first-order chi connectivity index (χ1) is 6.33. The average molecular weight is 186 g/mol. The van der Waals surface area contributed by atoms with Gasteiger partial charge in [0.2, 0.25) is 0 Å². The van der Waals surface area contributed by atoms with Crippen LogP contribution in [0.4, 0.5) is 0 Å². The van der Waals surface area contributed by atoms with E-state index in [0.29, 0.717) is 0 Å². The molecule has 1 saturated carbocycles. The third-order valence-corrected chi connectivity index (χ3v) is 2.41. The summed E-state index contributed by atoms with van der Waals surface area (Å²) in [6.07, 6.45) is 2.77. The van der Waals surface area contributed by atoms with Crippen LogP contribution in [0.5, 0.6) is 0 Å². The third kappa shape index (κ3) is 6.02. The summed E-state index contributed by atoms with van der Waals surface area (Å²) in [5, 5.41) is 3.13. The van der Waals surface area contributed by atoms with Crippen LogP contribution >= 0.6 is 0 Å². The molecular weight excluding hydrogens is 164 g/mol. The number of ether oxygens (including phenoxy) is 1. The molecule has 1 aliphatic rings. The zero-order valence-corrected chi connectivity index (χ0v) is 8.88. The van der Waals surface area contributed by atoms with Gasteiger partial charge in [0, 0.05) is 26.2 Å². The Balaban J connectivity index is 1.79. The van der Waals surface area contributed by atoms with E-state index >= 15 is 0 Å². The molecule has 13 heavy (non-hydrogen) atoms. The summed E-state index contributed by atoms with van der Waals surface area (Å²) in [5.41, 5.74) is 0. The minimum Gasteiger partial charge on any atom is -0.380 e. The van der Waals surface area contributed by atoms with Gasteiger partial charge in [-0.05, 0) is 32.9 Å². The Morgan fingerprint density at radius 3 is 2.77 bits per heavy atom. The van der Waals surface area contributed by atoms with E-state index in [1.165, 1.54) is 12.8 Å². The minimum absolute atomic E-state index is 0.886. The Morgan fingerprint density at radius 1 is 1.38 bits per heavy atom. The number of nitrogens with one attached hydrogen (secondary N) is 1. The van der Waals surface area contributed by atoms with E-state index in [0.717, 1.165) is 38.8 Å². The number of nitrogens with zero attached hydrogens (tertiary/aromatic N) is 1. The van der Waals surface area contributed by atoms with Gasteiger partial charge in [0.25, 0.3) is 0 Å². The number of likely N-dealkylation sites (N-methyl/N-ethyl adjacent to an activating group) is 2. The van der Waals surface area contributed by atoms with Crippen molar-refractivity contribution in [3.8, 4) is 0 Å². The largest absolute Gasteiger partial charge is 0.380 e. The summed E-state index contributed by atoms with van der Waals surface area (Å²) in [6, 6.07) is 0. The molecule has 78 valence electrons. The lowest BCUT2D eigenvalue weighted by molar-refractivity contribution is 0.104. The lowest BCUT2D eigenvalue weighted by Gasteiger charge is -2.15. The van der Waals surface area contributed by atoms with Gasteiger partial charge in [-0.3, -0.25) is 0 Å². The first kappa shape index (κ1) is 11.0. The van der Waals surface area contributed by atoms with Crippen molar-refractivity contribution in [2.45, 2.75) is 12.8 Å². The molecule has 1 aliphatic carbocycles. The van der Waals surface area contributed by atoms with Crippen molar-refractivity contribution in [3.05, 3.63) is 0 Å². The first-order valence-corrected chi connectivity index (χ1v) is 5.24. The molecule has 0 heterocycles. The molecule has 3 nitrogen and oxygen atoms in total. The average Bonchev–Trinajstić information content (AvgIpc) is 2.92. The van der Waals surface area contributed by atoms with E-state index < -0.39 is 0 Å². The molecule has 0 aromatic heterocycles. The third-order valence-electron chi connectivity index (χ3n) is 2.41. The monoisotopic (exact) mass is 186 g/mol. The van der Waals surface area contributed by atoms with Gasteiger partial charge in [-0.15, -0.1) is 0 Å².